The molecular weight excluding hydrogens is 1370 g/mol. The number of carbonyl (C=O) groups excluding carboxylic acids is 11. The number of hydrogen-bond donors (Lipinski definition) is 5. The number of urea groups is 1. The van der Waals surface area contributed by atoms with Gasteiger partial charge in [-0.05, 0) is 120 Å². The van der Waals surface area contributed by atoms with E-state index in [0.717, 1.165) is 12.5 Å². The summed E-state index contributed by atoms with van der Waals surface area (Å²) in [6, 6.07) is 12.2. The average Bonchev–Trinajstić information content (AvgIpc) is 0.894. The van der Waals surface area contributed by atoms with Crippen molar-refractivity contribution < 1.29 is 84.5 Å². The minimum absolute atomic E-state index is 0.000238. The largest absolute Gasteiger partial charge is 0.420 e. The normalized spacial score (nSPS) is 18.2. The van der Waals surface area contributed by atoms with Crippen LogP contribution in [0.4, 0.5) is 28.0 Å². The van der Waals surface area contributed by atoms with Gasteiger partial charge in [0, 0.05) is 121 Å². The number of ether oxygens (including phenoxy) is 3. The fourth-order valence-electron chi connectivity index (χ4n) is 14.9. The van der Waals surface area contributed by atoms with E-state index in [0.29, 0.717) is 37.1 Å². The molecule has 0 spiro atoms. The number of Topliss-reactive ketones (excluding diaryl/α,β-unsaturated/α-hetero) is 3. The average molecular weight is 1490 g/mol. The second-order valence-electron chi connectivity index (χ2n) is 30.1. The van der Waals surface area contributed by atoms with Gasteiger partial charge in [-0.1, -0.05) is 111 Å². The summed E-state index contributed by atoms with van der Waals surface area (Å²) in [5.41, 5.74) is 6.27. The Morgan fingerprint density at radius 1 is 0.670 bits per heavy atom. The van der Waals surface area contributed by atoms with Crippen LogP contribution in [0.3, 0.4) is 0 Å². The lowest BCUT2D eigenvalue weighted by Crippen LogP contribution is -2.54. The number of nitrogens with one attached hydrogen (secondary N) is 4. The van der Waals surface area contributed by atoms with E-state index in [1.807, 2.05) is 90.9 Å². The van der Waals surface area contributed by atoms with Gasteiger partial charge in [-0.2, -0.15) is 4.39 Å². The van der Waals surface area contributed by atoms with Crippen molar-refractivity contribution in [1.82, 2.24) is 35.6 Å². The molecule has 8 amide bonds. The molecule has 106 heavy (non-hydrogen) atoms. The highest BCUT2D eigenvalue weighted by atomic mass is 19.2. The maximum atomic E-state index is 14.7. The summed E-state index contributed by atoms with van der Waals surface area (Å²) < 4.78 is 74.1. The zero-order valence-electron chi connectivity index (χ0n) is 64.8. The number of piperidine rings is 1. The number of carbonyl (C=O) groups is 11. The lowest BCUT2D eigenvalue weighted by molar-refractivity contribution is -0.149. The van der Waals surface area contributed by atoms with E-state index in [4.69, 9.17) is 19.9 Å². The molecule has 3 aromatic rings. The quantitative estimate of drug-likeness (QED) is 0.00881. The van der Waals surface area contributed by atoms with E-state index in [9.17, 15) is 70.3 Å². The number of likely N-dealkylation sites (tertiary alicyclic amines) is 2. The molecule has 588 valence electrons. The molecule has 23 nitrogen and oxygen atoms in total. The number of esters is 1. The number of ketones is 3. The third-order valence-corrected chi connectivity index (χ3v) is 21.2. The molecule has 0 aliphatic carbocycles. The number of amides is 8. The number of halogens is 4. The van der Waals surface area contributed by atoms with Crippen LogP contribution >= 0.6 is 0 Å². The van der Waals surface area contributed by atoms with Crippen LogP contribution in [0.5, 0.6) is 5.75 Å². The van der Waals surface area contributed by atoms with Gasteiger partial charge in [-0.25, -0.2) is 18.0 Å². The van der Waals surface area contributed by atoms with Crippen molar-refractivity contribution in [3.63, 3.8) is 0 Å². The van der Waals surface area contributed by atoms with Crippen LogP contribution in [-0.2, 0) is 70.4 Å². The van der Waals surface area contributed by atoms with E-state index >= 15 is 0 Å². The first kappa shape index (κ1) is 88.5. The monoisotopic (exact) mass is 1490 g/mol. The molecular formula is C79H115F4N9O14. The van der Waals surface area contributed by atoms with E-state index in [1.54, 1.807) is 68.8 Å². The van der Waals surface area contributed by atoms with Crippen LogP contribution in [0.2, 0.25) is 0 Å². The standard InChI is InChI=1S/C79H115F4N9O14/c1-17-47(8)72(90(14)77(101)57(44(2)3)41-61(95)71(46(6)7)89(12)13)62(104-15)42-65(98)92-35-22-26-58(92)73(105-16)49(10)59(93)40-55(38-51-23-19-18-20-24-51)75(99)86-43-52-27-29-56(30-28-52)87-76(100)53(25-21-34-85-79(84)103)39-60(94)70(45(4)5)88-63(96)31-32-64(97)91-36-33-54(37-48(91)9)78(102)106-74-67(81)50(11)66(80)68(82)69(74)83/h18-20,23-24,27-30,44-49,53-55,57-58,62,70-73H,17,21-22,25-26,31-43H2,1-16H3,(H,86,99)(H,87,100)(H,88,96)(H3,84,85,103)/t47-,48-,49-,53+,54-,55+,57-,58-,62+,70-,71-,72-,73+/m0/s1. The number of hydrogen-bond acceptors (Lipinski definition) is 15. The van der Waals surface area contributed by atoms with E-state index in [1.165, 1.54) is 19.1 Å². The van der Waals surface area contributed by atoms with Crippen molar-refractivity contribution in [3.8, 4) is 5.75 Å². The van der Waals surface area contributed by atoms with E-state index < -0.39 is 142 Å². The highest BCUT2D eigenvalue weighted by Crippen LogP contribution is 2.35. The van der Waals surface area contributed by atoms with Crippen molar-refractivity contribution in [1.29, 1.82) is 0 Å². The Morgan fingerprint density at radius 3 is 1.90 bits per heavy atom. The minimum Gasteiger partial charge on any atom is -0.420 e. The predicted octanol–water partition coefficient (Wildman–Crippen LogP) is 9.84. The van der Waals surface area contributed by atoms with Crippen LogP contribution in [0.25, 0.3) is 0 Å². The van der Waals surface area contributed by atoms with E-state index in [-0.39, 0.29) is 143 Å². The first-order chi connectivity index (χ1) is 50.0. The third-order valence-electron chi connectivity index (χ3n) is 21.2. The van der Waals surface area contributed by atoms with Gasteiger partial charge in [-0.15, -0.1) is 0 Å². The van der Waals surface area contributed by atoms with Crippen molar-refractivity contribution >= 4 is 70.5 Å². The SMILES string of the molecule is CC[C@H](C)[C@@H]([C@@H](CC(=O)N1CCC[C@H]1[C@H](OC)[C@@H](C)C(=O)C[C@@H](Cc1ccccc1)C(=O)NCc1ccc(NC(=O)[C@H](CCCNC(N)=O)CC(=O)[C@@H](NC(=O)CCC(=O)N2CC[C@H](C(=O)Oc3c(F)c(C)c(F)c(F)c3F)C[C@@H]2C)C(C)C)cc1)OC)N(C)C(=O)[C@@H](CC(=O)[C@H](C(C)C)N(C)C)C(C)C. The maximum absolute atomic E-state index is 14.7. The first-order valence-corrected chi connectivity index (χ1v) is 37.2. The highest BCUT2D eigenvalue weighted by molar-refractivity contribution is 5.98. The number of nitrogens with two attached hydrogens (primary N) is 1. The summed E-state index contributed by atoms with van der Waals surface area (Å²) >= 11 is 0. The number of primary amides is 1. The van der Waals surface area contributed by atoms with Gasteiger partial charge in [0.2, 0.25) is 47.0 Å². The summed E-state index contributed by atoms with van der Waals surface area (Å²) in [5.74, 6) is -17.5. The number of methoxy groups -OCH3 is 2. The Hall–Kier alpha value is -8.17. The fraction of sp³-hybridized carbons (Fsp3) is 0.633. The summed E-state index contributed by atoms with van der Waals surface area (Å²) in [5, 5.41) is 11.1. The summed E-state index contributed by atoms with van der Waals surface area (Å²) in [4.78, 5) is 158. The number of rotatable bonds is 41. The smallest absolute Gasteiger partial charge is 0.314 e. The molecule has 13 atom stereocenters. The molecule has 0 bridgehead atoms. The molecule has 5 rings (SSSR count). The van der Waals surface area contributed by atoms with Crippen LogP contribution in [0, 0.1) is 83.5 Å². The van der Waals surface area contributed by atoms with Crippen molar-refractivity contribution in [2.45, 2.75) is 215 Å². The van der Waals surface area contributed by atoms with Crippen molar-refractivity contribution in [2.24, 2.45) is 59.0 Å². The van der Waals surface area contributed by atoms with Crippen LogP contribution in [0.1, 0.15) is 169 Å². The lowest BCUT2D eigenvalue weighted by atomic mass is 9.83. The summed E-state index contributed by atoms with van der Waals surface area (Å²) in [6.45, 7) is 20.2. The maximum Gasteiger partial charge on any atom is 0.314 e. The van der Waals surface area contributed by atoms with Gasteiger partial charge in [0.1, 0.15) is 5.78 Å². The Balaban J connectivity index is 1.20. The number of anilines is 1. The second-order valence-corrected chi connectivity index (χ2v) is 30.1. The minimum atomic E-state index is -1.99. The second kappa shape index (κ2) is 41.8. The molecule has 6 N–H and O–H groups in total. The molecule has 2 aliphatic heterocycles. The van der Waals surface area contributed by atoms with Crippen molar-refractivity contribution in [3.05, 3.63) is 94.6 Å². The van der Waals surface area contributed by atoms with E-state index in [2.05, 4.69) is 21.3 Å². The fourth-order valence-corrected chi connectivity index (χ4v) is 14.9. The van der Waals surface area contributed by atoms with Gasteiger partial charge in [0.15, 0.2) is 29.0 Å². The number of benzene rings is 3. The molecule has 0 unspecified atom stereocenters. The first-order valence-electron chi connectivity index (χ1n) is 37.2. The zero-order valence-corrected chi connectivity index (χ0v) is 64.8. The van der Waals surface area contributed by atoms with Crippen LogP contribution in [-0.4, -0.2) is 182 Å². The Bertz CT molecular complexity index is 3470. The molecule has 2 aliphatic rings. The Labute approximate surface area is 622 Å². The molecule has 2 heterocycles. The van der Waals surface area contributed by atoms with Gasteiger partial charge in [0.25, 0.3) is 0 Å². The lowest BCUT2D eigenvalue weighted by Gasteiger charge is -2.41. The molecule has 27 heteroatoms. The van der Waals surface area contributed by atoms with Gasteiger partial charge < -0.3 is 55.9 Å². The topological polar surface area (TPSA) is 303 Å². The molecule has 0 radical (unpaired) electrons. The summed E-state index contributed by atoms with van der Waals surface area (Å²) in [6.07, 6.45) is 0.0349. The Kier molecular flexibility index (Phi) is 34.9. The Morgan fingerprint density at radius 2 is 1.32 bits per heavy atom. The molecule has 0 aromatic heterocycles. The molecule has 2 saturated heterocycles. The zero-order chi connectivity index (χ0) is 79.1. The van der Waals surface area contributed by atoms with Gasteiger partial charge in [-0.3, -0.25) is 52.8 Å². The van der Waals surface area contributed by atoms with Gasteiger partial charge in [0.05, 0.1) is 48.7 Å². The third kappa shape index (κ3) is 24.4. The molecule has 3 aromatic carbocycles. The van der Waals surface area contributed by atoms with Crippen LogP contribution in [0.15, 0.2) is 54.6 Å². The van der Waals surface area contributed by atoms with Gasteiger partial charge >= 0.3 is 12.0 Å². The van der Waals surface area contributed by atoms with Crippen molar-refractivity contribution in [2.75, 3.05) is 60.3 Å². The summed E-state index contributed by atoms with van der Waals surface area (Å²) in [7, 11) is 8.53. The number of likely N-dealkylation sites (N-methyl/N-ethyl adjacent to an activating group) is 2. The highest BCUT2D eigenvalue weighted by Gasteiger charge is 2.45. The molecule has 0 saturated carbocycles. The van der Waals surface area contributed by atoms with Crippen LogP contribution < -0.4 is 31.7 Å². The predicted molar refractivity (Wildman–Crippen MR) is 393 cm³/mol. The number of nitrogens with zero attached hydrogens (tertiary/aromatic N) is 4. The molecule has 2 fully saturated rings.